The minimum Gasteiger partial charge on any atom is -0.389 e. The van der Waals surface area contributed by atoms with Gasteiger partial charge in [-0.15, -0.1) is 0 Å². The Bertz CT molecular complexity index is 541. The summed E-state index contributed by atoms with van der Waals surface area (Å²) < 4.78 is 13.7. The fourth-order valence-electron chi connectivity index (χ4n) is 2.57. The van der Waals surface area contributed by atoms with E-state index >= 15 is 0 Å². The lowest BCUT2D eigenvalue weighted by Gasteiger charge is -2.44. The van der Waals surface area contributed by atoms with Crippen molar-refractivity contribution in [1.29, 1.82) is 0 Å². The molecule has 1 unspecified atom stereocenters. The Morgan fingerprint density at radius 1 is 1.45 bits per heavy atom. The summed E-state index contributed by atoms with van der Waals surface area (Å²) in [6.45, 7) is 8.10. The van der Waals surface area contributed by atoms with Gasteiger partial charge in [-0.2, -0.15) is 0 Å². The molecule has 0 radical (unpaired) electrons. The van der Waals surface area contributed by atoms with Crippen molar-refractivity contribution < 1.29 is 14.3 Å². The summed E-state index contributed by atoms with van der Waals surface area (Å²) in [5, 5.41) is 12.7. The van der Waals surface area contributed by atoms with Gasteiger partial charge in [0.2, 0.25) is 5.91 Å². The van der Waals surface area contributed by atoms with Gasteiger partial charge in [0, 0.05) is 24.3 Å². The molecule has 4 nitrogen and oxygen atoms in total. The summed E-state index contributed by atoms with van der Waals surface area (Å²) in [6.07, 6.45) is -0.791. The van der Waals surface area contributed by atoms with E-state index in [9.17, 15) is 14.3 Å². The van der Waals surface area contributed by atoms with Crippen LogP contribution in [0.15, 0.2) is 12.1 Å². The molecule has 1 saturated heterocycles. The Morgan fingerprint density at radius 3 is 2.70 bits per heavy atom. The van der Waals surface area contributed by atoms with Crippen LogP contribution in [0.25, 0.3) is 0 Å². The summed E-state index contributed by atoms with van der Waals surface area (Å²) in [7, 11) is 0. The average Bonchev–Trinajstić information content (AvgIpc) is 2.35. The molecule has 2 N–H and O–H groups in total. The predicted molar refractivity (Wildman–Crippen MR) is 76.2 cm³/mol. The highest BCUT2D eigenvalue weighted by molar-refractivity contribution is 5.90. The number of halogens is 1. The molecular weight excluding hydrogens is 259 g/mol. The predicted octanol–water partition coefficient (Wildman–Crippen LogP) is 1.90. The van der Waals surface area contributed by atoms with Crippen LogP contribution < -0.4 is 10.2 Å². The van der Waals surface area contributed by atoms with Crippen molar-refractivity contribution in [2.24, 2.45) is 0 Å². The van der Waals surface area contributed by atoms with Crippen LogP contribution in [0.4, 0.5) is 10.1 Å². The van der Waals surface area contributed by atoms with Crippen LogP contribution in [0.1, 0.15) is 38.0 Å². The highest BCUT2D eigenvalue weighted by Gasteiger charge is 2.39. The number of amides is 1. The molecule has 20 heavy (non-hydrogen) atoms. The highest BCUT2D eigenvalue weighted by atomic mass is 19.1. The van der Waals surface area contributed by atoms with Gasteiger partial charge in [-0.1, -0.05) is 0 Å². The second kappa shape index (κ2) is 5.05. The Labute approximate surface area is 118 Å². The minimum atomic E-state index is -0.791. The van der Waals surface area contributed by atoms with Crippen molar-refractivity contribution in [3.63, 3.8) is 0 Å². The maximum absolute atomic E-state index is 13.7. The van der Waals surface area contributed by atoms with Gasteiger partial charge in [0.05, 0.1) is 6.10 Å². The van der Waals surface area contributed by atoms with Crippen molar-refractivity contribution in [3.8, 4) is 0 Å². The van der Waals surface area contributed by atoms with Crippen LogP contribution in [0.2, 0.25) is 0 Å². The average molecular weight is 280 g/mol. The van der Waals surface area contributed by atoms with Crippen LogP contribution >= 0.6 is 0 Å². The van der Waals surface area contributed by atoms with Crippen LogP contribution in [-0.4, -0.2) is 29.6 Å². The topological polar surface area (TPSA) is 52.6 Å². The van der Waals surface area contributed by atoms with Crippen molar-refractivity contribution in [3.05, 3.63) is 29.1 Å². The fraction of sp³-hybridized carbons (Fsp3) is 0.533. The number of carbonyl (C=O) groups is 1. The summed E-state index contributed by atoms with van der Waals surface area (Å²) in [4.78, 5) is 14.0. The van der Waals surface area contributed by atoms with Crippen LogP contribution in [0, 0.1) is 12.7 Å². The van der Waals surface area contributed by atoms with Crippen molar-refractivity contribution in [2.45, 2.75) is 39.3 Å². The van der Waals surface area contributed by atoms with Gasteiger partial charge < -0.3 is 15.3 Å². The zero-order valence-electron chi connectivity index (χ0n) is 12.3. The molecule has 110 valence electrons. The molecule has 1 aromatic rings. The zero-order chi connectivity index (χ0) is 15.1. The van der Waals surface area contributed by atoms with Crippen molar-refractivity contribution in [2.75, 3.05) is 18.0 Å². The standard InChI is InChI=1S/C15H21FN2O2/c1-9-7-13(11(10(2)19)8-12(9)16)18-6-5-17-14(20)15(18,3)4/h7-8,10,19H,5-6H2,1-4H3,(H,17,20). The lowest BCUT2D eigenvalue weighted by molar-refractivity contribution is -0.126. The summed E-state index contributed by atoms with van der Waals surface area (Å²) >= 11 is 0. The van der Waals surface area contributed by atoms with Gasteiger partial charge in [0.1, 0.15) is 11.4 Å². The SMILES string of the molecule is Cc1cc(N2CCNC(=O)C2(C)C)c(C(C)O)cc1F. The maximum Gasteiger partial charge on any atom is 0.245 e. The fourth-order valence-corrected chi connectivity index (χ4v) is 2.57. The smallest absolute Gasteiger partial charge is 0.245 e. The van der Waals surface area contributed by atoms with E-state index in [4.69, 9.17) is 0 Å². The largest absolute Gasteiger partial charge is 0.389 e. The Kier molecular flexibility index (Phi) is 3.73. The molecule has 0 saturated carbocycles. The molecule has 1 aliphatic heterocycles. The molecule has 1 aromatic carbocycles. The van der Waals surface area contributed by atoms with E-state index in [-0.39, 0.29) is 11.7 Å². The third kappa shape index (κ3) is 2.38. The Morgan fingerprint density at radius 2 is 2.10 bits per heavy atom. The molecular formula is C15H21FN2O2. The molecule has 5 heteroatoms. The molecule has 2 rings (SSSR count). The molecule has 1 amide bonds. The van der Waals surface area contributed by atoms with Crippen LogP contribution in [0.3, 0.4) is 0 Å². The molecule has 0 spiro atoms. The summed E-state index contributed by atoms with van der Waals surface area (Å²) in [5.74, 6) is -0.411. The number of aryl methyl sites for hydroxylation is 1. The lowest BCUT2D eigenvalue weighted by Crippen LogP contribution is -2.62. The second-order valence-corrected chi connectivity index (χ2v) is 5.80. The number of piperazine rings is 1. The number of nitrogens with one attached hydrogen (secondary N) is 1. The molecule has 0 aromatic heterocycles. The van der Waals surface area contributed by atoms with Gasteiger partial charge in [-0.05, 0) is 45.4 Å². The van der Waals surface area contributed by atoms with Crippen molar-refractivity contribution in [1.82, 2.24) is 5.32 Å². The van der Waals surface area contributed by atoms with Crippen LogP contribution in [0.5, 0.6) is 0 Å². The third-order valence-electron chi connectivity index (χ3n) is 3.90. The number of nitrogens with zero attached hydrogens (tertiary/aromatic N) is 1. The molecule has 1 fully saturated rings. The third-order valence-corrected chi connectivity index (χ3v) is 3.90. The number of aliphatic hydroxyl groups is 1. The van der Waals surface area contributed by atoms with E-state index in [1.165, 1.54) is 6.07 Å². The first-order valence-corrected chi connectivity index (χ1v) is 6.79. The number of hydrogen-bond donors (Lipinski definition) is 2. The van der Waals surface area contributed by atoms with E-state index < -0.39 is 11.6 Å². The monoisotopic (exact) mass is 280 g/mol. The van der Waals surface area contributed by atoms with Gasteiger partial charge in [0.25, 0.3) is 0 Å². The van der Waals surface area contributed by atoms with Crippen molar-refractivity contribution >= 4 is 11.6 Å². The molecule has 0 bridgehead atoms. The molecule has 1 aliphatic rings. The molecule has 0 aliphatic carbocycles. The van der Waals surface area contributed by atoms with Gasteiger partial charge in [-0.3, -0.25) is 4.79 Å². The van der Waals surface area contributed by atoms with E-state index in [1.807, 2.05) is 18.7 Å². The van der Waals surface area contributed by atoms with Gasteiger partial charge in [0.15, 0.2) is 0 Å². The number of carbonyl (C=O) groups excluding carboxylic acids is 1. The first-order chi connectivity index (χ1) is 9.25. The van der Waals surface area contributed by atoms with Gasteiger partial charge >= 0.3 is 0 Å². The molecule has 1 atom stereocenters. The Hall–Kier alpha value is -1.62. The van der Waals surface area contributed by atoms with Gasteiger partial charge in [-0.25, -0.2) is 4.39 Å². The molecule has 1 heterocycles. The minimum absolute atomic E-state index is 0.0673. The van der Waals surface area contributed by atoms with E-state index in [1.54, 1.807) is 19.9 Å². The zero-order valence-corrected chi connectivity index (χ0v) is 12.3. The van der Waals surface area contributed by atoms with E-state index in [0.717, 1.165) is 5.69 Å². The number of rotatable bonds is 2. The number of aliphatic hydroxyl groups excluding tert-OH is 1. The van der Waals surface area contributed by atoms with Crippen LogP contribution in [-0.2, 0) is 4.79 Å². The summed E-state index contributed by atoms with van der Waals surface area (Å²) in [6, 6.07) is 3.07. The van der Waals surface area contributed by atoms with E-state index in [2.05, 4.69) is 5.32 Å². The Balaban J connectivity index is 2.56. The normalized spacial score (nSPS) is 19.7. The van der Waals surface area contributed by atoms with E-state index in [0.29, 0.717) is 24.2 Å². The number of anilines is 1. The lowest BCUT2D eigenvalue weighted by atomic mass is 9.94. The summed E-state index contributed by atoms with van der Waals surface area (Å²) in [5.41, 5.74) is 1.01. The number of hydrogen-bond acceptors (Lipinski definition) is 3. The number of benzene rings is 1. The second-order valence-electron chi connectivity index (χ2n) is 5.80. The first-order valence-electron chi connectivity index (χ1n) is 6.79. The quantitative estimate of drug-likeness (QED) is 0.870. The maximum atomic E-state index is 13.7. The highest BCUT2D eigenvalue weighted by Crippen LogP contribution is 2.34. The first kappa shape index (κ1) is 14.8.